The molecular weight excluding hydrogens is 295 g/mol. The van der Waals surface area contributed by atoms with Crippen molar-refractivity contribution in [2.24, 2.45) is 0 Å². The molecule has 0 saturated carbocycles. The van der Waals surface area contributed by atoms with Crippen molar-refractivity contribution >= 4 is 35.9 Å². The second-order valence-corrected chi connectivity index (χ2v) is 7.47. The molecule has 3 heteroatoms. The van der Waals surface area contributed by atoms with Gasteiger partial charge in [0.15, 0.2) is 0 Å². The van der Waals surface area contributed by atoms with E-state index in [9.17, 15) is 0 Å². The first-order valence-electron chi connectivity index (χ1n) is 6.70. The zero-order valence-corrected chi connectivity index (χ0v) is 13.1. The van der Waals surface area contributed by atoms with E-state index < -0.39 is 7.92 Å². The van der Waals surface area contributed by atoms with Gasteiger partial charge in [-0.2, -0.15) is 0 Å². The van der Waals surface area contributed by atoms with Crippen molar-refractivity contribution in [3.8, 4) is 0 Å². The Hall–Kier alpha value is -1.60. The largest absolute Gasteiger partial charge is 0.325 e. The van der Waals surface area contributed by atoms with E-state index >= 15 is 0 Å². The van der Waals surface area contributed by atoms with Crippen LogP contribution in [-0.4, -0.2) is 4.55 Å². The van der Waals surface area contributed by atoms with E-state index in [-0.39, 0.29) is 0 Å². The lowest BCUT2D eigenvalue weighted by Gasteiger charge is -2.19. The van der Waals surface area contributed by atoms with Crippen LogP contribution in [0.4, 0.5) is 0 Å². The first-order valence-corrected chi connectivity index (χ1v) is 8.82. The van der Waals surface area contributed by atoms with E-state index in [0.717, 1.165) is 16.9 Å². The van der Waals surface area contributed by atoms with Gasteiger partial charge in [0.25, 0.3) is 0 Å². The molecule has 0 aliphatic rings. The second-order valence-electron chi connectivity index (χ2n) is 4.59. The third-order valence-electron chi connectivity index (χ3n) is 3.23. The van der Waals surface area contributed by atoms with Gasteiger partial charge in [-0.05, 0) is 36.0 Å². The summed E-state index contributed by atoms with van der Waals surface area (Å²) in [4.78, 5) is 0.870. The maximum atomic E-state index is 9.12. The Morgan fingerprint density at radius 1 is 0.571 bits per heavy atom. The molecule has 0 unspecified atom stereocenters. The van der Waals surface area contributed by atoms with Crippen LogP contribution in [0.3, 0.4) is 0 Å². The summed E-state index contributed by atoms with van der Waals surface area (Å²) in [6.45, 7) is 0. The van der Waals surface area contributed by atoms with Crippen molar-refractivity contribution in [3.63, 3.8) is 0 Å². The number of hydrogen-bond acceptors (Lipinski definition) is 2. The van der Waals surface area contributed by atoms with Gasteiger partial charge in [-0.25, -0.2) is 0 Å². The summed E-state index contributed by atoms with van der Waals surface area (Å²) >= 11 is 0.788. The van der Waals surface area contributed by atoms with Crippen LogP contribution < -0.4 is 15.9 Å². The maximum Gasteiger partial charge on any atom is 0.0351 e. The highest BCUT2D eigenvalue weighted by atomic mass is 32.2. The molecule has 3 aromatic carbocycles. The van der Waals surface area contributed by atoms with E-state index in [2.05, 4.69) is 60.7 Å². The molecule has 0 heterocycles. The molecular formula is C18H15OPS. The molecule has 0 fully saturated rings. The summed E-state index contributed by atoms with van der Waals surface area (Å²) in [7, 11) is -0.554. The molecule has 3 aromatic rings. The normalized spacial score (nSPS) is 10.8. The molecule has 0 radical (unpaired) electrons. The fourth-order valence-corrected chi connectivity index (χ4v) is 4.80. The van der Waals surface area contributed by atoms with E-state index in [1.807, 2.05) is 24.3 Å². The van der Waals surface area contributed by atoms with Crippen LogP contribution in [0.15, 0.2) is 89.8 Å². The zero-order chi connectivity index (χ0) is 14.5. The van der Waals surface area contributed by atoms with Crippen LogP contribution in [0.2, 0.25) is 0 Å². The average molecular weight is 310 g/mol. The van der Waals surface area contributed by atoms with Gasteiger partial charge in [-0.3, -0.25) is 0 Å². The van der Waals surface area contributed by atoms with Crippen LogP contribution in [0, 0.1) is 0 Å². The third-order valence-corrected chi connectivity index (χ3v) is 6.16. The van der Waals surface area contributed by atoms with Crippen LogP contribution in [0.5, 0.6) is 0 Å². The molecule has 0 aliphatic carbocycles. The molecule has 3 rings (SSSR count). The quantitative estimate of drug-likeness (QED) is 0.580. The predicted molar refractivity (Wildman–Crippen MR) is 93.6 cm³/mol. The summed E-state index contributed by atoms with van der Waals surface area (Å²) in [5.41, 5.74) is 0. The van der Waals surface area contributed by atoms with E-state index in [1.54, 1.807) is 0 Å². The fraction of sp³-hybridized carbons (Fsp3) is 0. The second kappa shape index (κ2) is 6.91. The number of hydrogen-bond donors (Lipinski definition) is 1. The van der Waals surface area contributed by atoms with Crippen LogP contribution in [0.1, 0.15) is 0 Å². The summed E-state index contributed by atoms with van der Waals surface area (Å²) in [5, 5.41) is 3.96. The maximum absolute atomic E-state index is 9.12. The fourth-order valence-electron chi connectivity index (χ4n) is 2.26. The molecule has 21 heavy (non-hydrogen) atoms. The molecule has 1 nitrogen and oxygen atoms in total. The molecule has 0 aromatic heterocycles. The standard InChI is InChI=1S/C18H15OPS/c19-21-18-13-11-17(12-14-18)20(15-7-3-1-4-8-15)16-9-5-2-6-10-16/h1-14,19H. The number of benzene rings is 3. The highest BCUT2D eigenvalue weighted by Crippen LogP contribution is 2.32. The monoisotopic (exact) mass is 310 g/mol. The summed E-state index contributed by atoms with van der Waals surface area (Å²) in [5.74, 6) is 0. The van der Waals surface area contributed by atoms with Crippen LogP contribution >= 0.6 is 20.0 Å². The average Bonchev–Trinajstić information content (AvgIpc) is 2.58. The van der Waals surface area contributed by atoms with Crippen LogP contribution in [-0.2, 0) is 0 Å². The lowest BCUT2D eigenvalue weighted by atomic mass is 10.3. The highest BCUT2D eigenvalue weighted by molar-refractivity contribution is 7.93. The molecule has 0 bridgehead atoms. The summed E-state index contributed by atoms with van der Waals surface area (Å²) in [6.07, 6.45) is 0. The van der Waals surface area contributed by atoms with Gasteiger partial charge in [0, 0.05) is 16.9 Å². The number of rotatable bonds is 4. The SMILES string of the molecule is OSc1ccc(P(c2ccccc2)c2ccccc2)cc1. The zero-order valence-electron chi connectivity index (χ0n) is 11.4. The van der Waals surface area contributed by atoms with E-state index in [4.69, 9.17) is 4.55 Å². The van der Waals surface area contributed by atoms with Gasteiger partial charge in [-0.1, -0.05) is 72.8 Å². The highest BCUT2D eigenvalue weighted by Gasteiger charge is 2.15. The van der Waals surface area contributed by atoms with Gasteiger partial charge >= 0.3 is 0 Å². The minimum absolute atomic E-state index is 0.554. The van der Waals surface area contributed by atoms with Gasteiger partial charge in [0.05, 0.1) is 0 Å². The molecule has 1 N–H and O–H groups in total. The Morgan fingerprint density at radius 2 is 1.00 bits per heavy atom. The molecule has 0 spiro atoms. The van der Waals surface area contributed by atoms with Crippen LogP contribution in [0.25, 0.3) is 0 Å². The lowest BCUT2D eigenvalue weighted by molar-refractivity contribution is 0.664. The Bertz CT molecular complexity index is 644. The van der Waals surface area contributed by atoms with E-state index in [1.165, 1.54) is 15.9 Å². The van der Waals surface area contributed by atoms with Gasteiger partial charge < -0.3 is 4.55 Å². The summed E-state index contributed by atoms with van der Waals surface area (Å²) in [6, 6.07) is 29.4. The molecule has 0 amide bonds. The van der Waals surface area contributed by atoms with Crippen molar-refractivity contribution in [3.05, 3.63) is 84.9 Å². The predicted octanol–water partition coefficient (Wildman–Crippen LogP) is 4.01. The molecule has 0 aliphatic heterocycles. The topological polar surface area (TPSA) is 20.2 Å². The Kier molecular flexibility index (Phi) is 4.72. The van der Waals surface area contributed by atoms with Gasteiger partial charge in [-0.15, -0.1) is 0 Å². The van der Waals surface area contributed by atoms with Gasteiger partial charge in [0.2, 0.25) is 0 Å². The van der Waals surface area contributed by atoms with Gasteiger partial charge in [0.1, 0.15) is 0 Å². The van der Waals surface area contributed by atoms with E-state index in [0.29, 0.717) is 0 Å². The van der Waals surface area contributed by atoms with Crippen molar-refractivity contribution in [2.75, 3.05) is 0 Å². The first-order chi connectivity index (χ1) is 10.4. The van der Waals surface area contributed by atoms with Crippen molar-refractivity contribution in [1.82, 2.24) is 0 Å². The Labute approximate surface area is 130 Å². The molecule has 104 valence electrons. The Morgan fingerprint density at radius 3 is 1.43 bits per heavy atom. The Balaban J connectivity index is 2.07. The van der Waals surface area contributed by atoms with Crippen molar-refractivity contribution in [2.45, 2.75) is 4.90 Å². The minimum Gasteiger partial charge on any atom is -0.325 e. The minimum atomic E-state index is -0.554. The van der Waals surface area contributed by atoms with Crippen molar-refractivity contribution < 1.29 is 4.55 Å². The molecule has 0 saturated heterocycles. The summed E-state index contributed by atoms with van der Waals surface area (Å²) < 4.78 is 9.12. The third kappa shape index (κ3) is 3.36. The first kappa shape index (κ1) is 14.3. The van der Waals surface area contributed by atoms with Crippen molar-refractivity contribution in [1.29, 1.82) is 0 Å². The molecule has 0 atom stereocenters. The smallest absolute Gasteiger partial charge is 0.0351 e. The lowest BCUT2D eigenvalue weighted by Crippen LogP contribution is -2.20.